The predicted molar refractivity (Wildman–Crippen MR) is 147 cm³/mol. The van der Waals surface area contributed by atoms with Gasteiger partial charge in [-0.15, -0.1) is 15.3 Å². The first-order chi connectivity index (χ1) is 20.1. The zero-order valence-corrected chi connectivity index (χ0v) is 24.1. The topological polar surface area (TPSA) is 125 Å². The second-order valence-electron chi connectivity index (χ2n) is 12.0. The molecule has 0 spiro atoms. The summed E-state index contributed by atoms with van der Waals surface area (Å²) in [7, 11) is 0. The number of aromatic nitrogens is 7. The highest BCUT2D eigenvalue weighted by molar-refractivity contribution is 6.00. The normalized spacial score (nSPS) is 20.6. The average molecular weight is 590 g/mol. The molecular weight excluding hydrogens is 551 g/mol. The van der Waals surface area contributed by atoms with Gasteiger partial charge >= 0.3 is 0 Å². The van der Waals surface area contributed by atoms with E-state index in [0.717, 1.165) is 43.2 Å². The molecule has 2 amide bonds. The van der Waals surface area contributed by atoms with Crippen molar-refractivity contribution in [3.8, 4) is 0 Å². The molecule has 0 saturated heterocycles. The molecule has 2 fully saturated rings. The summed E-state index contributed by atoms with van der Waals surface area (Å²) in [6.45, 7) is 6.53. The number of hydrogen-bond acceptors (Lipinski definition) is 6. The maximum Gasteiger partial charge on any atom is 0.270 e. The molecule has 3 heterocycles. The summed E-state index contributed by atoms with van der Waals surface area (Å²) in [6, 6.07) is -0.512. The number of halogens is 3. The summed E-state index contributed by atoms with van der Waals surface area (Å²) in [5.74, 6) is -1.03. The minimum absolute atomic E-state index is 0.0697. The SMILES string of the molecule is CC(C)n1nccc1C(=O)N[C@H](C(=O)Nc1cn([C@@H](CC(F)F)c2nncn2CC2CC2)nc1F)[C@H]1CC[C@H](C)CC1. The molecule has 3 aromatic rings. The van der Waals surface area contributed by atoms with Crippen molar-refractivity contribution >= 4 is 17.5 Å². The van der Waals surface area contributed by atoms with Crippen LogP contribution in [0.4, 0.5) is 18.9 Å². The van der Waals surface area contributed by atoms with E-state index >= 15 is 4.39 Å². The van der Waals surface area contributed by atoms with Crippen molar-refractivity contribution in [1.82, 2.24) is 39.6 Å². The van der Waals surface area contributed by atoms with Crippen LogP contribution in [0, 0.1) is 23.7 Å². The molecule has 0 aromatic carbocycles. The molecule has 0 unspecified atom stereocenters. The zero-order chi connectivity index (χ0) is 30.0. The van der Waals surface area contributed by atoms with Crippen molar-refractivity contribution < 1.29 is 22.8 Å². The molecule has 2 atom stereocenters. The van der Waals surface area contributed by atoms with Crippen molar-refractivity contribution in [3.05, 3.63) is 42.3 Å². The number of amides is 2. The molecule has 14 heteroatoms. The van der Waals surface area contributed by atoms with Crippen LogP contribution in [0.25, 0.3) is 0 Å². The summed E-state index contributed by atoms with van der Waals surface area (Å²) in [5, 5.41) is 21.4. The molecule has 0 radical (unpaired) electrons. The highest BCUT2D eigenvalue weighted by Gasteiger charge is 2.35. The predicted octanol–water partition coefficient (Wildman–Crippen LogP) is 4.61. The summed E-state index contributed by atoms with van der Waals surface area (Å²) in [6.07, 6.45) is 6.17. The van der Waals surface area contributed by atoms with Crippen LogP contribution in [0.2, 0.25) is 0 Å². The third-order valence-corrected chi connectivity index (χ3v) is 8.25. The second kappa shape index (κ2) is 12.7. The number of nitrogens with one attached hydrogen (secondary N) is 2. The monoisotopic (exact) mass is 589 g/mol. The third-order valence-electron chi connectivity index (χ3n) is 8.25. The van der Waals surface area contributed by atoms with Crippen molar-refractivity contribution in [2.45, 2.75) is 96.8 Å². The van der Waals surface area contributed by atoms with E-state index in [1.54, 1.807) is 15.3 Å². The van der Waals surface area contributed by atoms with E-state index in [1.807, 2.05) is 13.8 Å². The molecule has 2 N–H and O–H groups in total. The van der Waals surface area contributed by atoms with Gasteiger partial charge in [-0.2, -0.15) is 9.49 Å². The number of rotatable bonds is 12. The van der Waals surface area contributed by atoms with Gasteiger partial charge in [0, 0.05) is 25.2 Å². The molecule has 2 saturated carbocycles. The van der Waals surface area contributed by atoms with E-state index in [0.29, 0.717) is 24.1 Å². The van der Waals surface area contributed by atoms with Gasteiger partial charge in [0.25, 0.3) is 11.9 Å². The number of nitrogens with zero attached hydrogens (tertiary/aromatic N) is 7. The van der Waals surface area contributed by atoms with Crippen LogP contribution in [-0.2, 0) is 11.3 Å². The molecule has 3 aromatic heterocycles. The molecule has 0 aliphatic heterocycles. The van der Waals surface area contributed by atoms with E-state index in [-0.39, 0.29) is 23.5 Å². The van der Waals surface area contributed by atoms with Gasteiger partial charge in [0.2, 0.25) is 12.3 Å². The molecule has 0 bridgehead atoms. The van der Waals surface area contributed by atoms with Gasteiger partial charge in [-0.1, -0.05) is 19.8 Å². The van der Waals surface area contributed by atoms with Crippen LogP contribution < -0.4 is 10.6 Å². The highest BCUT2D eigenvalue weighted by Crippen LogP contribution is 2.34. The minimum Gasteiger partial charge on any atom is -0.339 e. The number of anilines is 1. The Hall–Kier alpha value is -3.71. The fraction of sp³-hybridized carbons (Fsp3) is 0.643. The van der Waals surface area contributed by atoms with Crippen LogP contribution >= 0.6 is 0 Å². The summed E-state index contributed by atoms with van der Waals surface area (Å²) < 4.78 is 46.8. The van der Waals surface area contributed by atoms with E-state index < -0.39 is 42.7 Å². The lowest BCUT2D eigenvalue weighted by molar-refractivity contribution is -0.119. The summed E-state index contributed by atoms with van der Waals surface area (Å²) in [5.41, 5.74) is 0.0549. The molecule has 2 aliphatic carbocycles. The first-order valence-electron chi connectivity index (χ1n) is 14.7. The Morgan fingerprint density at radius 3 is 2.52 bits per heavy atom. The van der Waals surface area contributed by atoms with Crippen molar-refractivity contribution in [1.29, 1.82) is 0 Å². The lowest BCUT2D eigenvalue weighted by Gasteiger charge is -2.32. The molecule has 2 aliphatic rings. The first-order valence-corrected chi connectivity index (χ1v) is 14.7. The lowest BCUT2D eigenvalue weighted by atomic mass is 9.79. The van der Waals surface area contributed by atoms with E-state index in [1.165, 1.54) is 18.7 Å². The standard InChI is InChI=1S/C28H38F3N9O2/c1-16(2)40-21(10-11-33-40)27(41)35-24(19-8-4-17(3)5-9-19)28(42)34-20-14-39(37-25(20)31)22(12-23(29)30)26-36-32-15-38(26)13-18-6-7-18/h10-11,14-19,22-24H,4-9,12-13H2,1-3H3,(H,34,42)(H,35,41)/t17-,19-,22-,24-/m0/s1. The fourth-order valence-electron chi connectivity index (χ4n) is 5.70. The molecule has 11 nitrogen and oxygen atoms in total. The van der Waals surface area contributed by atoms with Crippen molar-refractivity contribution in [3.63, 3.8) is 0 Å². The van der Waals surface area contributed by atoms with Gasteiger partial charge in [-0.3, -0.25) is 19.0 Å². The highest BCUT2D eigenvalue weighted by atomic mass is 19.3. The Balaban J connectivity index is 1.37. The Morgan fingerprint density at radius 1 is 1.12 bits per heavy atom. The number of carbonyl (C=O) groups excluding carboxylic acids is 2. The molecule has 5 rings (SSSR count). The zero-order valence-electron chi connectivity index (χ0n) is 24.1. The molecule has 228 valence electrons. The van der Waals surface area contributed by atoms with Gasteiger partial charge in [-0.05, 0) is 63.4 Å². The Kier molecular flexibility index (Phi) is 8.97. The van der Waals surface area contributed by atoms with E-state index in [4.69, 9.17) is 0 Å². The van der Waals surface area contributed by atoms with Crippen LogP contribution in [0.1, 0.15) is 94.1 Å². The van der Waals surface area contributed by atoms with Gasteiger partial charge in [0.05, 0.1) is 6.20 Å². The van der Waals surface area contributed by atoms with Gasteiger partial charge in [0.1, 0.15) is 29.8 Å². The van der Waals surface area contributed by atoms with Crippen molar-refractivity contribution in [2.24, 2.45) is 17.8 Å². The van der Waals surface area contributed by atoms with E-state index in [9.17, 15) is 18.4 Å². The average Bonchev–Trinajstić information content (AvgIpc) is 3.29. The Morgan fingerprint density at radius 2 is 1.86 bits per heavy atom. The molecular formula is C28H38F3N9O2. The minimum atomic E-state index is -2.71. The number of alkyl halides is 2. The summed E-state index contributed by atoms with van der Waals surface area (Å²) in [4.78, 5) is 26.9. The van der Waals surface area contributed by atoms with Gasteiger partial charge in [-0.25, -0.2) is 8.78 Å². The number of carbonyl (C=O) groups is 2. The summed E-state index contributed by atoms with van der Waals surface area (Å²) >= 11 is 0. The maximum absolute atomic E-state index is 15.1. The van der Waals surface area contributed by atoms with E-state index in [2.05, 4.69) is 38.0 Å². The second-order valence-corrected chi connectivity index (χ2v) is 12.0. The maximum atomic E-state index is 15.1. The van der Waals surface area contributed by atoms with Crippen LogP contribution in [-0.4, -0.2) is 58.6 Å². The third kappa shape index (κ3) is 6.84. The fourth-order valence-corrected chi connectivity index (χ4v) is 5.70. The van der Waals surface area contributed by atoms with Gasteiger partial charge < -0.3 is 15.2 Å². The van der Waals surface area contributed by atoms with Crippen LogP contribution in [0.5, 0.6) is 0 Å². The van der Waals surface area contributed by atoms with Crippen LogP contribution in [0.15, 0.2) is 24.8 Å². The lowest BCUT2D eigenvalue weighted by Crippen LogP contribution is -2.49. The largest absolute Gasteiger partial charge is 0.339 e. The van der Waals surface area contributed by atoms with Crippen LogP contribution in [0.3, 0.4) is 0 Å². The first kappa shape index (κ1) is 29.8. The smallest absolute Gasteiger partial charge is 0.270 e. The molecule has 42 heavy (non-hydrogen) atoms. The quantitative estimate of drug-likeness (QED) is 0.318. The Labute approximate surface area is 242 Å². The Bertz CT molecular complexity index is 1370. The van der Waals surface area contributed by atoms with Gasteiger partial charge in [0.15, 0.2) is 5.82 Å². The van der Waals surface area contributed by atoms with Crippen molar-refractivity contribution in [2.75, 3.05) is 5.32 Å². The number of hydrogen-bond donors (Lipinski definition) is 2.